The maximum atomic E-state index is 11.9. The Morgan fingerprint density at radius 1 is 1.26 bits per heavy atom. The van der Waals surface area contributed by atoms with Gasteiger partial charge < -0.3 is 10.5 Å². The second kappa shape index (κ2) is 6.00. The Hall–Kier alpha value is -2.36. The van der Waals surface area contributed by atoms with Crippen LogP contribution in [0.2, 0.25) is 0 Å². The highest BCUT2D eigenvalue weighted by Gasteiger charge is 2.11. The lowest BCUT2D eigenvalue weighted by atomic mass is 10.0. The number of aromatic nitrogens is 1. The smallest absolute Gasteiger partial charge is 0.338 e. The number of nitrogen functional groups attached to an aromatic ring is 1. The summed E-state index contributed by atoms with van der Waals surface area (Å²) < 4.78 is 5.05. The summed E-state index contributed by atoms with van der Waals surface area (Å²) in [4.78, 5) is 15.9. The van der Waals surface area contributed by atoms with Crippen molar-refractivity contribution >= 4 is 11.8 Å². The van der Waals surface area contributed by atoms with Gasteiger partial charge in [0.1, 0.15) is 5.82 Å². The van der Waals surface area contributed by atoms with Gasteiger partial charge in [-0.25, -0.2) is 9.78 Å². The number of hydrogen-bond acceptors (Lipinski definition) is 4. The number of anilines is 1. The van der Waals surface area contributed by atoms with Gasteiger partial charge in [0, 0.05) is 6.20 Å². The molecule has 0 aliphatic rings. The second-order valence-electron chi connectivity index (χ2n) is 4.15. The molecule has 98 valence electrons. The summed E-state index contributed by atoms with van der Waals surface area (Å²) >= 11 is 0. The molecule has 2 N–H and O–H groups in total. The third-order valence-corrected chi connectivity index (χ3v) is 2.75. The third kappa shape index (κ3) is 3.31. The van der Waals surface area contributed by atoms with Crippen LogP contribution in [-0.4, -0.2) is 17.6 Å². The summed E-state index contributed by atoms with van der Waals surface area (Å²) in [5.74, 6) is 0.198. The maximum absolute atomic E-state index is 11.9. The molecule has 0 fully saturated rings. The zero-order valence-electron chi connectivity index (χ0n) is 10.8. The van der Waals surface area contributed by atoms with Gasteiger partial charge in [-0.15, -0.1) is 0 Å². The predicted octanol–water partition coefficient (Wildman–Crippen LogP) is 2.43. The monoisotopic (exact) mass is 256 g/mol. The van der Waals surface area contributed by atoms with Crippen LogP contribution in [0.15, 0.2) is 42.6 Å². The molecule has 0 atom stereocenters. The molecule has 0 bridgehead atoms. The number of nitrogens with two attached hydrogens (primary N) is 1. The van der Waals surface area contributed by atoms with Crippen LogP contribution in [0.4, 0.5) is 5.82 Å². The number of benzene rings is 1. The molecule has 0 aliphatic heterocycles. The van der Waals surface area contributed by atoms with Crippen LogP contribution in [0.3, 0.4) is 0 Å². The molecule has 19 heavy (non-hydrogen) atoms. The summed E-state index contributed by atoms with van der Waals surface area (Å²) in [7, 11) is 0. The van der Waals surface area contributed by atoms with E-state index in [4.69, 9.17) is 10.5 Å². The summed E-state index contributed by atoms with van der Waals surface area (Å²) in [6.07, 6.45) is 2.35. The number of rotatable bonds is 4. The highest BCUT2D eigenvalue weighted by Crippen LogP contribution is 2.15. The lowest BCUT2D eigenvalue weighted by Gasteiger charge is -2.08. The van der Waals surface area contributed by atoms with E-state index in [-0.39, 0.29) is 5.97 Å². The van der Waals surface area contributed by atoms with Crippen molar-refractivity contribution in [2.24, 2.45) is 0 Å². The number of carbonyl (C=O) groups is 1. The zero-order chi connectivity index (χ0) is 13.7. The molecule has 0 saturated carbocycles. The number of hydrogen-bond donors (Lipinski definition) is 1. The van der Waals surface area contributed by atoms with Crippen molar-refractivity contribution in [1.82, 2.24) is 4.98 Å². The number of carbonyl (C=O) groups excluding carboxylic acids is 1. The van der Waals surface area contributed by atoms with E-state index < -0.39 is 0 Å². The van der Waals surface area contributed by atoms with Crippen molar-refractivity contribution in [3.05, 3.63) is 59.3 Å². The van der Waals surface area contributed by atoms with E-state index in [0.29, 0.717) is 24.4 Å². The van der Waals surface area contributed by atoms with Crippen LogP contribution in [0.25, 0.3) is 0 Å². The molecule has 0 unspecified atom stereocenters. The molecule has 1 aromatic carbocycles. The van der Waals surface area contributed by atoms with Gasteiger partial charge in [-0.05, 0) is 36.6 Å². The number of esters is 1. The molecule has 0 radical (unpaired) electrons. The minimum absolute atomic E-state index is 0.290. The van der Waals surface area contributed by atoms with E-state index in [2.05, 4.69) is 4.98 Å². The molecule has 4 nitrogen and oxygen atoms in total. The van der Waals surface area contributed by atoms with Crippen molar-refractivity contribution in [3.63, 3.8) is 0 Å². The molecule has 0 spiro atoms. The van der Waals surface area contributed by atoms with Gasteiger partial charge in [-0.2, -0.15) is 0 Å². The molecule has 2 aromatic rings. The Morgan fingerprint density at radius 2 is 2.05 bits per heavy atom. The molecule has 4 heteroatoms. The summed E-state index contributed by atoms with van der Waals surface area (Å²) in [5, 5.41) is 0. The van der Waals surface area contributed by atoms with Crippen molar-refractivity contribution < 1.29 is 9.53 Å². The van der Waals surface area contributed by atoms with Gasteiger partial charge >= 0.3 is 5.97 Å². The van der Waals surface area contributed by atoms with Gasteiger partial charge in [-0.3, -0.25) is 0 Å². The first-order valence-corrected chi connectivity index (χ1v) is 6.16. The highest BCUT2D eigenvalue weighted by molar-refractivity contribution is 5.91. The van der Waals surface area contributed by atoms with Crippen molar-refractivity contribution in [3.8, 4) is 0 Å². The fourth-order valence-corrected chi connectivity index (χ4v) is 1.84. The van der Waals surface area contributed by atoms with E-state index in [9.17, 15) is 4.79 Å². The average Bonchev–Trinajstić information content (AvgIpc) is 2.42. The third-order valence-electron chi connectivity index (χ3n) is 2.75. The maximum Gasteiger partial charge on any atom is 0.338 e. The van der Waals surface area contributed by atoms with E-state index in [1.54, 1.807) is 25.3 Å². The van der Waals surface area contributed by atoms with E-state index in [1.807, 2.05) is 24.3 Å². The molecule has 1 aromatic heterocycles. The minimum Gasteiger partial charge on any atom is -0.462 e. The summed E-state index contributed by atoms with van der Waals surface area (Å²) in [5.41, 5.74) is 8.08. The first-order chi connectivity index (χ1) is 9.20. The van der Waals surface area contributed by atoms with Crippen molar-refractivity contribution in [2.75, 3.05) is 12.3 Å². The van der Waals surface area contributed by atoms with Crippen LogP contribution in [0.5, 0.6) is 0 Å². The van der Waals surface area contributed by atoms with Crippen LogP contribution in [-0.2, 0) is 11.2 Å². The fourth-order valence-electron chi connectivity index (χ4n) is 1.84. The first-order valence-electron chi connectivity index (χ1n) is 6.16. The quantitative estimate of drug-likeness (QED) is 0.853. The highest BCUT2D eigenvalue weighted by atomic mass is 16.5. The van der Waals surface area contributed by atoms with E-state index >= 15 is 0 Å². The van der Waals surface area contributed by atoms with Gasteiger partial charge in [0.25, 0.3) is 0 Å². The Bertz CT molecular complexity index is 565. The fraction of sp³-hybridized carbons (Fsp3) is 0.200. The SMILES string of the molecule is CCOC(=O)c1ccccc1Cc1ccc(N)nc1. The summed E-state index contributed by atoms with van der Waals surface area (Å²) in [6, 6.07) is 11.1. The zero-order valence-corrected chi connectivity index (χ0v) is 10.8. The average molecular weight is 256 g/mol. The van der Waals surface area contributed by atoms with Crippen LogP contribution >= 0.6 is 0 Å². The van der Waals surface area contributed by atoms with E-state index in [0.717, 1.165) is 11.1 Å². The minimum atomic E-state index is -0.290. The lowest BCUT2D eigenvalue weighted by Crippen LogP contribution is -2.08. The number of pyridine rings is 1. The Kier molecular flexibility index (Phi) is 4.13. The van der Waals surface area contributed by atoms with Crippen molar-refractivity contribution in [1.29, 1.82) is 0 Å². The summed E-state index contributed by atoms with van der Waals surface area (Å²) in [6.45, 7) is 2.17. The molecule has 0 amide bonds. The van der Waals surface area contributed by atoms with E-state index in [1.165, 1.54) is 0 Å². The topological polar surface area (TPSA) is 65.2 Å². The van der Waals surface area contributed by atoms with Crippen LogP contribution in [0.1, 0.15) is 28.4 Å². The van der Waals surface area contributed by atoms with Gasteiger partial charge in [0.15, 0.2) is 0 Å². The predicted molar refractivity (Wildman–Crippen MR) is 73.9 cm³/mol. The normalized spacial score (nSPS) is 10.2. The van der Waals surface area contributed by atoms with Crippen molar-refractivity contribution in [2.45, 2.75) is 13.3 Å². The molecule has 2 rings (SSSR count). The molecule has 0 aliphatic carbocycles. The lowest BCUT2D eigenvalue weighted by molar-refractivity contribution is 0.0525. The number of ether oxygens (including phenoxy) is 1. The van der Waals surface area contributed by atoms with Gasteiger partial charge in [-0.1, -0.05) is 24.3 Å². The number of nitrogens with zero attached hydrogens (tertiary/aromatic N) is 1. The molecule has 1 heterocycles. The Balaban J connectivity index is 2.24. The Morgan fingerprint density at radius 3 is 2.74 bits per heavy atom. The van der Waals surface area contributed by atoms with Gasteiger partial charge in [0.05, 0.1) is 12.2 Å². The van der Waals surface area contributed by atoms with Crippen LogP contribution < -0.4 is 5.73 Å². The standard InChI is InChI=1S/C15H16N2O2/c1-2-19-15(18)13-6-4-3-5-12(13)9-11-7-8-14(16)17-10-11/h3-8,10H,2,9H2,1H3,(H2,16,17). The molecule has 0 saturated heterocycles. The van der Waals surface area contributed by atoms with Gasteiger partial charge in [0.2, 0.25) is 0 Å². The van der Waals surface area contributed by atoms with Crippen LogP contribution in [0, 0.1) is 0 Å². The first kappa shape index (κ1) is 13.1. The Labute approximate surface area is 112 Å². The molecular weight excluding hydrogens is 240 g/mol. The largest absolute Gasteiger partial charge is 0.462 e. The second-order valence-corrected chi connectivity index (χ2v) is 4.15. The molecular formula is C15H16N2O2.